The maximum Gasteiger partial charge on any atom is 0.256 e. The zero-order valence-corrected chi connectivity index (χ0v) is 16.2. The van der Waals surface area contributed by atoms with Gasteiger partial charge in [-0.25, -0.2) is 4.98 Å². The number of carbonyl (C=O) groups is 1. The van der Waals surface area contributed by atoms with Crippen molar-refractivity contribution in [1.82, 2.24) is 9.88 Å². The van der Waals surface area contributed by atoms with Crippen LogP contribution in [0, 0.1) is 0 Å². The Kier molecular flexibility index (Phi) is 5.77. The molecule has 0 N–H and O–H groups in total. The van der Waals surface area contributed by atoms with Crippen molar-refractivity contribution in [3.05, 3.63) is 44.7 Å². The molecule has 3 rings (SSSR count). The second-order valence-corrected chi connectivity index (χ2v) is 8.97. The molecule has 2 heterocycles. The van der Waals surface area contributed by atoms with Gasteiger partial charge in [0, 0.05) is 33.2 Å². The fraction of sp³-hybridized carbons (Fsp3) is 0.412. The first kappa shape index (κ1) is 17.0. The lowest BCUT2D eigenvalue weighted by molar-refractivity contribution is 0.0782. The van der Waals surface area contributed by atoms with Crippen molar-refractivity contribution in [2.75, 3.05) is 7.05 Å². The van der Waals surface area contributed by atoms with Crippen LogP contribution in [0.5, 0.6) is 0 Å². The summed E-state index contributed by atoms with van der Waals surface area (Å²) in [6.45, 7) is 0.623. The van der Waals surface area contributed by atoms with Crippen LogP contribution in [0.2, 0.25) is 0 Å². The number of aromatic nitrogens is 1. The number of halogens is 1. The summed E-state index contributed by atoms with van der Waals surface area (Å²) in [4.78, 5) is 20.2. The summed E-state index contributed by atoms with van der Waals surface area (Å²) in [7, 11) is 1.85. The van der Waals surface area contributed by atoms with Crippen LogP contribution in [-0.2, 0) is 6.54 Å². The first-order valence-electron chi connectivity index (χ1n) is 7.73. The summed E-state index contributed by atoms with van der Waals surface area (Å²) >= 11 is 6.89. The number of hydrogen-bond donors (Lipinski definition) is 0. The van der Waals surface area contributed by atoms with Crippen LogP contribution >= 0.6 is 39.0 Å². The van der Waals surface area contributed by atoms with Crippen LogP contribution in [0.4, 0.5) is 0 Å². The van der Waals surface area contributed by atoms with Gasteiger partial charge in [0.05, 0.1) is 12.1 Å². The molecule has 1 aliphatic carbocycles. The van der Waals surface area contributed by atoms with E-state index >= 15 is 0 Å². The highest BCUT2D eigenvalue weighted by molar-refractivity contribution is 9.10. The Balaban J connectivity index is 1.73. The molecule has 0 aromatic carbocycles. The maximum atomic E-state index is 12.8. The molecular weight excluding hydrogens is 392 g/mol. The van der Waals surface area contributed by atoms with Crippen molar-refractivity contribution >= 4 is 44.9 Å². The number of thioether (sulfide) groups is 1. The molecule has 6 heteroatoms. The van der Waals surface area contributed by atoms with Gasteiger partial charge in [0.25, 0.3) is 5.91 Å². The molecule has 0 aliphatic heterocycles. The number of amides is 1. The van der Waals surface area contributed by atoms with E-state index in [1.165, 1.54) is 30.6 Å². The van der Waals surface area contributed by atoms with E-state index in [9.17, 15) is 4.79 Å². The molecule has 0 unspecified atom stereocenters. The number of hydrogen-bond acceptors (Lipinski definition) is 4. The molecular formula is C17H19BrN2OS2. The fourth-order valence-electron chi connectivity index (χ4n) is 2.76. The molecule has 2 aromatic rings. The van der Waals surface area contributed by atoms with Crippen molar-refractivity contribution in [3.8, 4) is 0 Å². The number of pyridine rings is 1. The molecule has 1 fully saturated rings. The van der Waals surface area contributed by atoms with Gasteiger partial charge in [-0.3, -0.25) is 4.79 Å². The summed E-state index contributed by atoms with van der Waals surface area (Å²) in [6, 6.07) is 5.81. The van der Waals surface area contributed by atoms with E-state index in [2.05, 4.69) is 27.0 Å². The van der Waals surface area contributed by atoms with Gasteiger partial charge in [-0.15, -0.1) is 23.1 Å². The van der Waals surface area contributed by atoms with Crippen LogP contribution < -0.4 is 0 Å². The van der Waals surface area contributed by atoms with Gasteiger partial charge in [0.15, 0.2) is 0 Å². The van der Waals surface area contributed by atoms with Crippen molar-refractivity contribution in [2.24, 2.45) is 0 Å². The summed E-state index contributed by atoms with van der Waals surface area (Å²) in [6.07, 6.45) is 6.83. The van der Waals surface area contributed by atoms with Gasteiger partial charge in [-0.2, -0.15) is 0 Å². The fourth-order valence-corrected chi connectivity index (χ4v) is 5.55. The Morgan fingerprint density at radius 2 is 2.26 bits per heavy atom. The van der Waals surface area contributed by atoms with Crippen molar-refractivity contribution in [1.29, 1.82) is 0 Å². The highest BCUT2D eigenvalue weighted by Gasteiger charge is 2.22. The van der Waals surface area contributed by atoms with Crippen molar-refractivity contribution < 1.29 is 4.79 Å². The second kappa shape index (κ2) is 7.81. The molecule has 3 nitrogen and oxygen atoms in total. The quantitative estimate of drug-likeness (QED) is 0.677. The number of rotatable bonds is 5. The van der Waals surface area contributed by atoms with Gasteiger partial charge in [-0.1, -0.05) is 12.8 Å². The first-order chi connectivity index (χ1) is 11.1. The van der Waals surface area contributed by atoms with Crippen molar-refractivity contribution in [2.45, 2.75) is 42.5 Å². The summed E-state index contributed by atoms with van der Waals surface area (Å²) in [5.41, 5.74) is 0.725. The SMILES string of the molecule is CN(Cc1cc(Br)cs1)C(=O)c1cccnc1SC1CCCC1. The molecule has 1 aliphatic rings. The molecule has 0 spiro atoms. The van der Waals surface area contributed by atoms with E-state index in [0.717, 1.165) is 15.1 Å². The molecule has 1 saturated carbocycles. The van der Waals surface area contributed by atoms with Gasteiger partial charge < -0.3 is 4.90 Å². The Morgan fingerprint density at radius 3 is 2.96 bits per heavy atom. The number of carbonyl (C=O) groups excluding carboxylic acids is 1. The third-order valence-electron chi connectivity index (χ3n) is 3.94. The lowest BCUT2D eigenvalue weighted by Gasteiger charge is -2.18. The molecule has 122 valence electrons. The normalized spacial score (nSPS) is 15.0. The molecule has 0 saturated heterocycles. The molecule has 0 atom stereocenters. The molecule has 2 aromatic heterocycles. The highest BCUT2D eigenvalue weighted by atomic mass is 79.9. The van der Waals surface area contributed by atoms with E-state index in [4.69, 9.17) is 0 Å². The third kappa shape index (κ3) is 4.37. The van der Waals surface area contributed by atoms with Gasteiger partial charge in [0.2, 0.25) is 0 Å². The lowest BCUT2D eigenvalue weighted by Crippen LogP contribution is -2.26. The number of nitrogens with zero attached hydrogens (tertiary/aromatic N) is 2. The molecule has 23 heavy (non-hydrogen) atoms. The van der Waals surface area contributed by atoms with E-state index < -0.39 is 0 Å². The van der Waals surface area contributed by atoms with Crippen LogP contribution in [-0.4, -0.2) is 28.1 Å². The zero-order chi connectivity index (χ0) is 16.2. The Bertz CT molecular complexity index is 683. The minimum atomic E-state index is 0.0446. The summed E-state index contributed by atoms with van der Waals surface area (Å²) in [5.74, 6) is 0.0446. The zero-order valence-electron chi connectivity index (χ0n) is 13.0. The topological polar surface area (TPSA) is 33.2 Å². The molecule has 0 bridgehead atoms. The largest absolute Gasteiger partial charge is 0.336 e. The average molecular weight is 411 g/mol. The van der Waals surface area contributed by atoms with Crippen molar-refractivity contribution in [3.63, 3.8) is 0 Å². The highest BCUT2D eigenvalue weighted by Crippen LogP contribution is 2.35. The first-order valence-corrected chi connectivity index (χ1v) is 10.3. The van der Waals surface area contributed by atoms with E-state index in [-0.39, 0.29) is 5.91 Å². The predicted molar refractivity (Wildman–Crippen MR) is 100 cm³/mol. The predicted octanol–water partition coefficient (Wildman–Crippen LogP) is 5.21. The third-order valence-corrected chi connectivity index (χ3v) is 6.98. The summed E-state index contributed by atoms with van der Waals surface area (Å²) < 4.78 is 1.07. The van der Waals surface area contributed by atoms with Gasteiger partial charge in [-0.05, 0) is 47.0 Å². The Labute approximate surface area is 153 Å². The van der Waals surface area contributed by atoms with Gasteiger partial charge >= 0.3 is 0 Å². The van der Waals surface area contributed by atoms with Crippen LogP contribution in [0.1, 0.15) is 40.9 Å². The summed E-state index contributed by atoms with van der Waals surface area (Å²) in [5, 5.41) is 3.53. The Morgan fingerprint density at radius 1 is 1.48 bits per heavy atom. The van der Waals surface area contributed by atoms with E-state index in [1.54, 1.807) is 34.2 Å². The van der Waals surface area contributed by atoms with E-state index in [1.807, 2.05) is 24.6 Å². The number of thiophene rings is 1. The minimum absolute atomic E-state index is 0.0446. The van der Waals surface area contributed by atoms with Crippen LogP contribution in [0.3, 0.4) is 0 Å². The average Bonchev–Trinajstić information content (AvgIpc) is 3.19. The van der Waals surface area contributed by atoms with Crippen LogP contribution in [0.15, 0.2) is 39.3 Å². The minimum Gasteiger partial charge on any atom is -0.336 e. The standard InChI is InChI=1S/C17H19BrN2OS2/c1-20(10-14-9-12(18)11-22-14)17(21)15-7-4-8-19-16(15)23-13-5-2-3-6-13/h4,7-9,11,13H,2-3,5-6,10H2,1H3. The van der Waals surface area contributed by atoms with Gasteiger partial charge in [0.1, 0.15) is 5.03 Å². The monoisotopic (exact) mass is 410 g/mol. The Hall–Kier alpha value is -0.850. The second-order valence-electron chi connectivity index (χ2n) is 5.77. The van der Waals surface area contributed by atoms with E-state index in [0.29, 0.717) is 11.8 Å². The van der Waals surface area contributed by atoms with Crippen LogP contribution in [0.25, 0.3) is 0 Å². The lowest BCUT2D eigenvalue weighted by atomic mass is 10.2. The smallest absolute Gasteiger partial charge is 0.256 e. The molecule has 1 amide bonds. The maximum absolute atomic E-state index is 12.8. The molecule has 0 radical (unpaired) electrons.